The van der Waals surface area contributed by atoms with Crippen LogP contribution in [0.15, 0.2) is 0 Å². The van der Waals surface area contributed by atoms with E-state index in [1.54, 1.807) is 27.7 Å². The fraction of sp³-hybridized carbons (Fsp3) is 0.778. The summed E-state index contributed by atoms with van der Waals surface area (Å²) in [6, 6.07) is 0. The van der Waals surface area contributed by atoms with Gasteiger partial charge >= 0.3 is 24.3 Å². The zero-order valence-corrected chi connectivity index (χ0v) is 21.6. The fourth-order valence-corrected chi connectivity index (χ4v) is 0.887. The summed E-state index contributed by atoms with van der Waals surface area (Å²) in [6.45, 7) is 9.69. The molecule has 196 valence electrons. The third-order valence-corrected chi connectivity index (χ3v) is 1.85. The molecule has 0 saturated carbocycles. The van der Waals surface area contributed by atoms with Crippen molar-refractivity contribution in [1.29, 1.82) is 0 Å². The predicted octanol–water partition coefficient (Wildman–Crippen LogP) is 2.91. The Hall–Kier alpha value is -1.34. The van der Waals surface area contributed by atoms with E-state index in [1.165, 1.54) is 13.8 Å². The summed E-state index contributed by atoms with van der Waals surface area (Å²) in [6.07, 6.45) is -12.7. The number of hydrogen-bond donors (Lipinski definition) is 2. The second-order valence-electron chi connectivity index (χ2n) is 5.99. The van der Waals surface area contributed by atoms with Gasteiger partial charge in [0.1, 0.15) is 12.8 Å². The molecule has 0 heterocycles. The molecule has 0 amide bonds. The number of Topliss-reactive ketones (excluding diaryl/α,β-unsaturated/α-hetero) is 2. The SMILES string of the molecule is CC(C)O.CC(C)O.CCOC(=O)CC(=O)C(F)(F)F.CCOC(=O)CC(=O)C(F)(F)F.[Zr]. The van der Waals surface area contributed by atoms with Gasteiger partial charge in [-0.25, -0.2) is 0 Å². The first-order valence-corrected chi connectivity index (χ1v) is 9.09. The van der Waals surface area contributed by atoms with E-state index >= 15 is 0 Å². The van der Waals surface area contributed by atoms with Crippen LogP contribution in [-0.2, 0) is 54.9 Å². The Bertz CT molecular complexity index is 496. The smallest absolute Gasteiger partial charge is 0.450 e. The molecule has 0 fully saturated rings. The van der Waals surface area contributed by atoms with Gasteiger partial charge in [-0.2, -0.15) is 26.3 Å². The topological polar surface area (TPSA) is 127 Å². The number of ketones is 2. The molecule has 0 rings (SSSR count). The van der Waals surface area contributed by atoms with E-state index in [1.807, 2.05) is 0 Å². The molecule has 0 aliphatic carbocycles. The quantitative estimate of drug-likeness (QED) is 0.280. The molecule has 8 nitrogen and oxygen atoms in total. The van der Waals surface area contributed by atoms with Crippen molar-refractivity contribution in [2.75, 3.05) is 13.2 Å². The Balaban J connectivity index is -0.000000117. The summed E-state index contributed by atoms with van der Waals surface area (Å²) in [5.41, 5.74) is 0. The largest absolute Gasteiger partial charge is 0.466 e. The van der Waals surface area contributed by atoms with E-state index in [0.29, 0.717) is 0 Å². The van der Waals surface area contributed by atoms with E-state index in [9.17, 15) is 45.5 Å². The van der Waals surface area contributed by atoms with Crippen LogP contribution < -0.4 is 0 Å². The van der Waals surface area contributed by atoms with Crippen LogP contribution in [0.4, 0.5) is 26.3 Å². The van der Waals surface area contributed by atoms with Crippen LogP contribution in [0, 0.1) is 0 Å². The maximum absolute atomic E-state index is 11.5. The number of ether oxygens (including phenoxy) is 2. The molecule has 0 unspecified atom stereocenters. The van der Waals surface area contributed by atoms with E-state index < -0.39 is 48.7 Å². The van der Waals surface area contributed by atoms with Gasteiger partial charge in [0.25, 0.3) is 0 Å². The normalized spacial score (nSPS) is 10.2. The summed E-state index contributed by atoms with van der Waals surface area (Å²) in [5.74, 6) is -6.47. The first-order chi connectivity index (χ1) is 14.2. The maximum Gasteiger partial charge on any atom is 0.450 e. The van der Waals surface area contributed by atoms with Crippen LogP contribution >= 0.6 is 0 Å². The molecule has 15 heteroatoms. The Morgan fingerprint density at radius 3 is 0.970 bits per heavy atom. The Labute approximate surface area is 207 Å². The van der Waals surface area contributed by atoms with Crippen LogP contribution in [0.1, 0.15) is 54.4 Å². The van der Waals surface area contributed by atoms with Gasteiger partial charge in [-0.1, -0.05) is 0 Å². The molecule has 0 atom stereocenters. The molecule has 0 aromatic heterocycles. The number of rotatable bonds is 6. The van der Waals surface area contributed by atoms with Crippen molar-refractivity contribution in [2.45, 2.75) is 78.9 Å². The van der Waals surface area contributed by atoms with Crippen LogP contribution in [0.2, 0.25) is 0 Å². The summed E-state index contributed by atoms with van der Waals surface area (Å²) < 4.78 is 77.3. The van der Waals surface area contributed by atoms with E-state index in [4.69, 9.17) is 10.2 Å². The summed E-state index contributed by atoms with van der Waals surface area (Å²) >= 11 is 0. The van der Waals surface area contributed by atoms with Crippen molar-refractivity contribution >= 4 is 23.5 Å². The molecule has 0 bridgehead atoms. The molecule has 33 heavy (non-hydrogen) atoms. The number of esters is 2. The number of carbonyl (C=O) groups excluding carboxylic acids is 4. The molecular weight excluding hydrogens is 549 g/mol. The Kier molecular flexibility index (Phi) is 28.5. The minimum atomic E-state index is -4.95. The number of halogens is 6. The number of aliphatic hydroxyl groups excluding tert-OH is 2. The average Bonchev–Trinajstić information content (AvgIpc) is 2.52. The molecule has 0 saturated heterocycles. The third-order valence-electron chi connectivity index (χ3n) is 1.85. The molecule has 0 radical (unpaired) electrons. The van der Waals surface area contributed by atoms with Gasteiger partial charge in [-0.15, -0.1) is 0 Å². The van der Waals surface area contributed by atoms with Gasteiger partial charge < -0.3 is 19.7 Å². The minimum Gasteiger partial charge on any atom is -0.466 e. The molecule has 0 aromatic carbocycles. The monoisotopic (exact) mass is 578 g/mol. The second-order valence-corrected chi connectivity index (χ2v) is 5.99. The molecule has 2 N–H and O–H groups in total. The van der Waals surface area contributed by atoms with Crippen LogP contribution in [0.5, 0.6) is 0 Å². The molecule has 0 aromatic rings. The standard InChI is InChI=1S/2C6H7F3O3.2C3H8O.Zr/c2*1-2-12-5(11)3-4(10)6(7,8)9;2*1-3(2)4;/h2*2-3H2,1H3;2*3-4H,1-2H3;. The number of aliphatic hydroxyl groups is 2. The first-order valence-electron chi connectivity index (χ1n) is 9.09. The Morgan fingerprint density at radius 1 is 0.667 bits per heavy atom. The Morgan fingerprint density at radius 2 is 0.848 bits per heavy atom. The van der Waals surface area contributed by atoms with Gasteiger partial charge in [0.15, 0.2) is 0 Å². The van der Waals surface area contributed by atoms with Crippen LogP contribution in [-0.4, -0.2) is 71.5 Å². The zero-order chi connectivity index (χ0) is 26.7. The number of hydrogen-bond acceptors (Lipinski definition) is 8. The van der Waals surface area contributed by atoms with Crippen LogP contribution in [0.3, 0.4) is 0 Å². The summed E-state index contributed by atoms with van der Waals surface area (Å²) in [4.78, 5) is 41.0. The minimum absolute atomic E-state index is 0. The molecule has 0 aliphatic rings. The van der Waals surface area contributed by atoms with E-state index in [2.05, 4.69) is 9.47 Å². The maximum atomic E-state index is 11.5. The van der Waals surface area contributed by atoms with Crippen molar-refractivity contribution in [3.05, 3.63) is 0 Å². The van der Waals surface area contributed by atoms with Gasteiger partial charge in [0, 0.05) is 38.4 Å². The van der Waals surface area contributed by atoms with Crippen molar-refractivity contribution in [3.8, 4) is 0 Å². The van der Waals surface area contributed by atoms with E-state index in [-0.39, 0.29) is 51.6 Å². The van der Waals surface area contributed by atoms with Gasteiger partial charge in [-0.05, 0) is 41.5 Å². The van der Waals surface area contributed by atoms with Crippen molar-refractivity contribution in [1.82, 2.24) is 0 Å². The van der Waals surface area contributed by atoms with Gasteiger partial charge in [-0.3, -0.25) is 19.2 Å². The molecule has 0 spiro atoms. The predicted molar refractivity (Wildman–Crippen MR) is 99.3 cm³/mol. The van der Waals surface area contributed by atoms with Crippen molar-refractivity contribution in [2.24, 2.45) is 0 Å². The van der Waals surface area contributed by atoms with Crippen molar-refractivity contribution in [3.63, 3.8) is 0 Å². The average molecular weight is 580 g/mol. The van der Waals surface area contributed by atoms with Crippen LogP contribution in [0.25, 0.3) is 0 Å². The fourth-order valence-electron chi connectivity index (χ4n) is 0.887. The zero-order valence-electron chi connectivity index (χ0n) is 19.1. The van der Waals surface area contributed by atoms with E-state index in [0.717, 1.165) is 0 Å². The van der Waals surface area contributed by atoms with Crippen molar-refractivity contribution < 1.29 is 91.4 Å². The molecule has 0 aliphatic heterocycles. The number of carbonyl (C=O) groups is 4. The van der Waals surface area contributed by atoms with Gasteiger partial charge in [0.2, 0.25) is 11.6 Å². The number of alkyl halides is 6. The summed E-state index contributed by atoms with van der Waals surface area (Å²) in [7, 11) is 0. The first kappa shape index (κ1) is 41.9. The third kappa shape index (κ3) is 41.4. The summed E-state index contributed by atoms with van der Waals surface area (Å²) in [5, 5.41) is 16.1. The van der Waals surface area contributed by atoms with Gasteiger partial charge in [0.05, 0.1) is 13.2 Å². The molecular formula is C18H30F6O8Zr. The second kappa shape index (κ2) is 22.5.